The van der Waals surface area contributed by atoms with Gasteiger partial charge in [-0.3, -0.25) is 14.5 Å². The van der Waals surface area contributed by atoms with Crippen LogP contribution < -0.4 is 16.2 Å². The van der Waals surface area contributed by atoms with Crippen molar-refractivity contribution in [3.05, 3.63) is 85.3 Å². The first kappa shape index (κ1) is 29.0. The summed E-state index contributed by atoms with van der Waals surface area (Å²) in [6, 6.07) is 12.1. The van der Waals surface area contributed by atoms with Crippen LogP contribution in [-0.4, -0.2) is 54.4 Å². The number of nitrogens with one attached hydrogen (secondary N) is 4. The highest BCUT2D eigenvalue weighted by atomic mass is 35.5. The fraction of sp³-hybridized carbons (Fsp3) is 0.406. The summed E-state index contributed by atoms with van der Waals surface area (Å²) < 4.78 is 5.47. The van der Waals surface area contributed by atoms with Gasteiger partial charge in [0.15, 0.2) is 0 Å². The third-order valence-electron chi connectivity index (χ3n) is 8.09. The van der Waals surface area contributed by atoms with Gasteiger partial charge in [-0.05, 0) is 73.2 Å². The Morgan fingerprint density at radius 2 is 1.88 bits per heavy atom. The standard InChI is InChI=1S/C32H38ClN5O3/c1-20-13-21(2)36-32(40)28(20)18-35-31(39)26-14-24(16-30(27(26)17-34)37-25-5-3-4-6-25)22-7-8-23(29(33)15-22)19-38-9-11-41-12-10-38/h7-8,13-17,25,34,37H,3-6,9-12,18-19H2,1-2H3,(H,35,39)(H,36,40). The van der Waals surface area contributed by atoms with Gasteiger partial charge in [0, 0.05) is 66.0 Å². The zero-order chi connectivity index (χ0) is 28.9. The minimum absolute atomic E-state index is 0.0927. The van der Waals surface area contributed by atoms with Crippen molar-refractivity contribution < 1.29 is 9.53 Å². The van der Waals surface area contributed by atoms with Gasteiger partial charge in [0.2, 0.25) is 0 Å². The van der Waals surface area contributed by atoms with Crippen LogP contribution in [0.2, 0.25) is 5.02 Å². The van der Waals surface area contributed by atoms with Crippen molar-refractivity contribution >= 4 is 29.4 Å². The molecule has 2 aromatic carbocycles. The molecule has 0 radical (unpaired) electrons. The van der Waals surface area contributed by atoms with E-state index in [4.69, 9.17) is 21.7 Å². The van der Waals surface area contributed by atoms with E-state index < -0.39 is 0 Å². The molecule has 5 rings (SSSR count). The molecule has 9 heteroatoms. The van der Waals surface area contributed by atoms with E-state index in [1.807, 2.05) is 50.2 Å². The number of hydrogen-bond acceptors (Lipinski definition) is 6. The summed E-state index contributed by atoms with van der Waals surface area (Å²) in [6.07, 6.45) is 5.67. The second kappa shape index (κ2) is 13.0. The SMILES string of the molecule is Cc1cc(C)c(CNC(=O)c2cc(-c3ccc(CN4CCOCC4)c(Cl)c3)cc(NC3CCCC3)c2C=N)c(=O)[nH]1. The topological polar surface area (TPSA) is 110 Å². The van der Waals surface area contributed by atoms with Gasteiger partial charge in [0.05, 0.1) is 18.8 Å². The van der Waals surface area contributed by atoms with Crippen LogP contribution in [0.5, 0.6) is 0 Å². The zero-order valence-corrected chi connectivity index (χ0v) is 24.5. The first-order valence-electron chi connectivity index (χ1n) is 14.3. The number of hydrogen-bond donors (Lipinski definition) is 4. The molecular weight excluding hydrogens is 538 g/mol. The number of ether oxygens (including phenoxy) is 1. The van der Waals surface area contributed by atoms with Crippen molar-refractivity contribution in [2.45, 2.75) is 58.7 Å². The number of rotatable bonds is 9. The number of anilines is 1. The third-order valence-corrected chi connectivity index (χ3v) is 8.44. The molecule has 216 valence electrons. The molecular formula is C32H38ClN5O3. The van der Waals surface area contributed by atoms with E-state index in [0.29, 0.717) is 27.8 Å². The number of nitrogens with zero attached hydrogens (tertiary/aromatic N) is 1. The lowest BCUT2D eigenvalue weighted by atomic mass is 9.95. The van der Waals surface area contributed by atoms with Crippen molar-refractivity contribution in [2.75, 3.05) is 31.6 Å². The summed E-state index contributed by atoms with van der Waals surface area (Å²) in [6.45, 7) is 7.77. The number of carbonyl (C=O) groups is 1. The third kappa shape index (κ3) is 6.89. The second-order valence-corrected chi connectivity index (χ2v) is 11.5. The Labute approximate surface area is 246 Å². The normalized spacial score (nSPS) is 16.1. The fourth-order valence-electron chi connectivity index (χ4n) is 5.79. The number of H-pyrrole nitrogens is 1. The van der Waals surface area contributed by atoms with Gasteiger partial charge in [0.25, 0.3) is 11.5 Å². The highest BCUT2D eigenvalue weighted by Crippen LogP contribution is 2.33. The van der Waals surface area contributed by atoms with Gasteiger partial charge in [-0.25, -0.2) is 0 Å². The van der Waals surface area contributed by atoms with E-state index in [2.05, 4.69) is 20.5 Å². The van der Waals surface area contributed by atoms with Crippen LogP contribution >= 0.6 is 11.6 Å². The number of aryl methyl sites for hydroxylation is 2. The molecule has 0 bridgehead atoms. The molecule has 1 aliphatic carbocycles. The molecule has 0 atom stereocenters. The zero-order valence-electron chi connectivity index (χ0n) is 23.7. The predicted octanol–water partition coefficient (Wildman–Crippen LogP) is 5.43. The van der Waals surface area contributed by atoms with E-state index >= 15 is 0 Å². The summed E-state index contributed by atoms with van der Waals surface area (Å²) in [5.41, 5.74) is 6.36. The molecule has 1 amide bonds. The molecule has 41 heavy (non-hydrogen) atoms. The molecule has 2 fully saturated rings. The first-order chi connectivity index (χ1) is 19.8. The number of benzene rings is 2. The van der Waals surface area contributed by atoms with Crippen molar-refractivity contribution in [1.82, 2.24) is 15.2 Å². The van der Waals surface area contributed by atoms with Gasteiger partial charge in [-0.1, -0.05) is 36.6 Å². The van der Waals surface area contributed by atoms with Gasteiger partial charge in [0.1, 0.15) is 0 Å². The van der Waals surface area contributed by atoms with Crippen LogP contribution in [0.4, 0.5) is 5.69 Å². The Bertz CT molecular complexity index is 1490. The van der Waals surface area contributed by atoms with Crippen LogP contribution in [0.25, 0.3) is 11.1 Å². The van der Waals surface area contributed by atoms with Gasteiger partial charge in [-0.15, -0.1) is 0 Å². The number of aromatic amines is 1. The summed E-state index contributed by atoms with van der Waals surface area (Å²) >= 11 is 6.77. The van der Waals surface area contributed by atoms with Crippen molar-refractivity contribution in [2.24, 2.45) is 0 Å². The van der Waals surface area contributed by atoms with E-state index in [1.165, 1.54) is 6.21 Å². The molecule has 1 aliphatic heterocycles. The van der Waals surface area contributed by atoms with Crippen molar-refractivity contribution in [1.29, 1.82) is 5.41 Å². The lowest BCUT2D eigenvalue weighted by Gasteiger charge is -2.27. The Morgan fingerprint density at radius 1 is 1.12 bits per heavy atom. The minimum atomic E-state index is -0.339. The number of carbonyl (C=O) groups excluding carboxylic acids is 1. The summed E-state index contributed by atoms with van der Waals surface area (Å²) in [5.74, 6) is -0.339. The number of halogens is 1. The van der Waals surface area contributed by atoms with Crippen LogP contribution in [-0.2, 0) is 17.8 Å². The number of morpholine rings is 1. The maximum Gasteiger partial charge on any atom is 0.253 e. The lowest BCUT2D eigenvalue weighted by molar-refractivity contribution is 0.0342. The second-order valence-electron chi connectivity index (χ2n) is 11.1. The van der Waals surface area contributed by atoms with E-state index in [0.717, 1.165) is 92.2 Å². The molecule has 2 heterocycles. The van der Waals surface area contributed by atoms with Crippen molar-refractivity contribution in [3.8, 4) is 11.1 Å². The predicted molar refractivity (Wildman–Crippen MR) is 164 cm³/mol. The average molecular weight is 576 g/mol. The number of aromatic nitrogens is 1. The molecule has 1 saturated heterocycles. The quantitative estimate of drug-likeness (QED) is 0.254. The van der Waals surface area contributed by atoms with Gasteiger partial charge in [-0.2, -0.15) is 0 Å². The van der Waals surface area contributed by atoms with Crippen LogP contribution in [0.15, 0.2) is 41.2 Å². The van der Waals surface area contributed by atoms with Crippen LogP contribution in [0.3, 0.4) is 0 Å². The van der Waals surface area contributed by atoms with E-state index in [1.54, 1.807) is 0 Å². The summed E-state index contributed by atoms with van der Waals surface area (Å²) in [7, 11) is 0. The van der Waals surface area contributed by atoms with Crippen LogP contribution in [0, 0.1) is 19.3 Å². The molecule has 8 nitrogen and oxygen atoms in total. The summed E-state index contributed by atoms with van der Waals surface area (Å²) in [4.78, 5) is 31.3. The monoisotopic (exact) mass is 575 g/mol. The van der Waals surface area contributed by atoms with Crippen LogP contribution in [0.1, 0.15) is 64.0 Å². The Morgan fingerprint density at radius 3 is 2.56 bits per heavy atom. The highest BCUT2D eigenvalue weighted by Gasteiger charge is 2.22. The average Bonchev–Trinajstić information content (AvgIpc) is 3.46. The fourth-order valence-corrected chi connectivity index (χ4v) is 6.03. The maximum absolute atomic E-state index is 13.6. The van der Waals surface area contributed by atoms with Gasteiger partial charge < -0.3 is 25.8 Å². The molecule has 4 N–H and O–H groups in total. The minimum Gasteiger partial charge on any atom is -0.382 e. The Kier molecular flexibility index (Phi) is 9.22. The number of amides is 1. The molecule has 2 aliphatic rings. The smallest absolute Gasteiger partial charge is 0.253 e. The maximum atomic E-state index is 13.6. The Balaban J connectivity index is 1.47. The molecule has 0 spiro atoms. The Hall–Kier alpha value is -3.46. The lowest BCUT2D eigenvalue weighted by Crippen LogP contribution is -2.35. The largest absolute Gasteiger partial charge is 0.382 e. The summed E-state index contributed by atoms with van der Waals surface area (Å²) in [5, 5.41) is 15.4. The molecule has 3 aromatic rings. The molecule has 0 unspecified atom stereocenters. The van der Waals surface area contributed by atoms with Crippen molar-refractivity contribution in [3.63, 3.8) is 0 Å². The molecule has 1 aromatic heterocycles. The van der Waals surface area contributed by atoms with Gasteiger partial charge >= 0.3 is 0 Å². The number of pyridine rings is 1. The molecule has 1 saturated carbocycles. The first-order valence-corrected chi connectivity index (χ1v) is 14.7. The van der Waals surface area contributed by atoms with E-state index in [9.17, 15) is 9.59 Å². The van der Waals surface area contributed by atoms with E-state index in [-0.39, 0.29) is 18.0 Å². The highest BCUT2D eigenvalue weighted by molar-refractivity contribution is 6.31.